The molecule has 0 aliphatic carbocycles. The molecule has 1 aliphatic rings. The summed E-state index contributed by atoms with van der Waals surface area (Å²) in [6.45, 7) is 6.32. The standard InChI is InChI=1S/C26H33FN6O7/c1-26(2,3)24(40)33-25-31-20-16(22(37)32-25)8-13(11-29-20)10-28-12-15-5-4-14(9-17(15)27)21(36)30-18(23(38)39)6-7-19(34)35/h4-5,9,13,18,28H,6-8,10-12H2,1-3H3,(H,30,36)(H,34,35)(H,38,39)(H3,29,31,32,33,37,40)/t13?,18-/m0/s1. The largest absolute Gasteiger partial charge is 0.481 e. The maximum absolute atomic E-state index is 14.7. The second-order valence-electron chi connectivity index (χ2n) is 10.6. The third kappa shape index (κ3) is 8.09. The van der Waals surface area contributed by atoms with E-state index in [1.54, 1.807) is 20.8 Å². The normalized spacial score (nSPS) is 15.3. The highest BCUT2D eigenvalue weighted by atomic mass is 19.1. The summed E-state index contributed by atoms with van der Waals surface area (Å²) in [6.07, 6.45) is -0.336. The van der Waals surface area contributed by atoms with Crippen molar-refractivity contribution in [3.05, 3.63) is 51.1 Å². The summed E-state index contributed by atoms with van der Waals surface area (Å²) in [5.41, 5.74) is -0.381. The lowest BCUT2D eigenvalue weighted by Crippen LogP contribution is -2.41. The molecule has 0 radical (unpaired) electrons. The molecule has 0 bridgehead atoms. The summed E-state index contributed by atoms with van der Waals surface area (Å²) in [5.74, 6) is -3.90. The van der Waals surface area contributed by atoms with Gasteiger partial charge in [0.2, 0.25) is 11.9 Å². The highest BCUT2D eigenvalue weighted by molar-refractivity contribution is 5.96. The Kier molecular flexibility index (Phi) is 9.58. The number of aromatic nitrogens is 2. The molecule has 1 aromatic carbocycles. The fourth-order valence-electron chi connectivity index (χ4n) is 3.94. The lowest BCUT2D eigenvalue weighted by Gasteiger charge is -2.25. The zero-order valence-corrected chi connectivity index (χ0v) is 22.4. The average molecular weight is 561 g/mol. The van der Waals surface area contributed by atoms with Crippen molar-refractivity contribution < 1.29 is 33.8 Å². The van der Waals surface area contributed by atoms with Gasteiger partial charge in [-0.15, -0.1) is 0 Å². The molecule has 40 heavy (non-hydrogen) atoms. The number of halogens is 1. The Morgan fingerprint density at radius 1 is 1.20 bits per heavy atom. The first kappa shape index (κ1) is 30.2. The molecule has 3 rings (SSSR count). The minimum absolute atomic E-state index is 0.00252. The number of anilines is 2. The van der Waals surface area contributed by atoms with Crippen LogP contribution in [0.1, 0.15) is 55.1 Å². The average Bonchev–Trinajstić information content (AvgIpc) is 2.86. The van der Waals surface area contributed by atoms with E-state index in [1.165, 1.54) is 12.1 Å². The molecule has 216 valence electrons. The molecule has 14 heteroatoms. The van der Waals surface area contributed by atoms with Gasteiger partial charge in [-0.2, -0.15) is 4.98 Å². The van der Waals surface area contributed by atoms with Gasteiger partial charge in [-0.05, 0) is 30.9 Å². The van der Waals surface area contributed by atoms with Gasteiger partial charge in [0.15, 0.2) is 0 Å². The van der Waals surface area contributed by atoms with Crippen LogP contribution in [0.3, 0.4) is 0 Å². The monoisotopic (exact) mass is 560 g/mol. The Morgan fingerprint density at radius 3 is 2.55 bits per heavy atom. The Bertz CT molecular complexity index is 1350. The van der Waals surface area contributed by atoms with Crippen LogP contribution in [-0.4, -0.2) is 63.1 Å². The van der Waals surface area contributed by atoms with E-state index >= 15 is 0 Å². The molecule has 2 heterocycles. The van der Waals surface area contributed by atoms with E-state index in [2.05, 4.69) is 31.2 Å². The highest BCUT2D eigenvalue weighted by Gasteiger charge is 2.26. The van der Waals surface area contributed by atoms with Crippen molar-refractivity contribution in [3.8, 4) is 0 Å². The summed E-state index contributed by atoms with van der Waals surface area (Å²) in [4.78, 5) is 66.1. The zero-order valence-electron chi connectivity index (χ0n) is 22.4. The van der Waals surface area contributed by atoms with E-state index < -0.39 is 41.5 Å². The van der Waals surface area contributed by atoms with Crippen LogP contribution in [0.25, 0.3) is 0 Å². The zero-order chi connectivity index (χ0) is 29.6. The third-order valence-corrected chi connectivity index (χ3v) is 6.29. The van der Waals surface area contributed by atoms with Gasteiger partial charge in [-0.3, -0.25) is 29.5 Å². The summed E-state index contributed by atoms with van der Waals surface area (Å²) < 4.78 is 14.7. The highest BCUT2D eigenvalue weighted by Crippen LogP contribution is 2.22. The summed E-state index contributed by atoms with van der Waals surface area (Å²) in [6, 6.07) is 2.33. The number of hydrogen-bond acceptors (Lipinski definition) is 8. The van der Waals surface area contributed by atoms with Crippen LogP contribution in [0.15, 0.2) is 23.0 Å². The van der Waals surface area contributed by atoms with Gasteiger partial charge in [-0.1, -0.05) is 26.8 Å². The molecule has 2 atom stereocenters. The summed E-state index contributed by atoms with van der Waals surface area (Å²) >= 11 is 0. The van der Waals surface area contributed by atoms with Gasteiger partial charge in [0.25, 0.3) is 11.5 Å². The van der Waals surface area contributed by atoms with E-state index in [0.717, 1.165) is 6.07 Å². The molecule has 13 nitrogen and oxygen atoms in total. The number of nitrogens with one attached hydrogen (secondary N) is 5. The number of carbonyl (C=O) groups excluding carboxylic acids is 2. The first-order valence-electron chi connectivity index (χ1n) is 12.7. The maximum Gasteiger partial charge on any atom is 0.326 e. The number of aliphatic carboxylic acids is 2. The Hall–Kier alpha value is -4.33. The van der Waals surface area contributed by atoms with Crippen molar-refractivity contribution >= 4 is 35.5 Å². The van der Waals surface area contributed by atoms with Crippen LogP contribution in [0.5, 0.6) is 0 Å². The number of carbonyl (C=O) groups is 4. The van der Waals surface area contributed by atoms with Gasteiger partial charge in [-0.25, -0.2) is 9.18 Å². The number of benzene rings is 1. The lowest BCUT2D eigenvalue weighted by molar-refractivity contribution is -0.140. The fourth-order valence-corrected chi connectivity index (χ4v) is 3.94. The van der Waals surface area contributed by atoms with E-state index in [-0.39, 0.29) is 47.4 Å². The summed E-state index contributed by atoms with van der Waals surface area (Å²) in [7, 11) is 0. The topological polar surface area (TPSA) is 203 Å². The van der Waals surface area contributed by atoms with Gasteiger partial charge in [0.1, 0.15) is 17.7 Å². The molecule has 7 N–H and O–H groups in total. The van der Waals surface area contributed by atoms with E-state index in [9.17, 15) is 33.5 Å². The number of carboxylic acid groups (broad SMARTS) is 2. The number of hydrogen-bond donors (Lipinski definition) is 7. The van der Waals surface area contributed by atoms with Gasteiger partial charge in [0.05, 0.1) is 5.56 Å². The molecule has 0 spiro atoms. The molecule has 0 saturated heterocycles. The number of nitrogens with zero attached hydrogens (tertiary/aromatic N) is 1. The maximum atomic E-state index is 14.7. The lowest BCUT2D eigenvalue weighted by atomic mass is 9.96. The van der Waals surface area contributed by atoms with E-state index in [4.69, 9.17) is 5.11 Å². The number of rotatable bonds is 11. The number of fused-ring (bicyclic) bond motifs is 1. The number of aromatic amines is 1. The van der Waals surface area contributed by atoms with Crippen molar-refractivity contribution in [2.45, 2.75) is 52.6 Å². The number of H-pyrrole nitrogens is 1. The molecule has 0 saturated carbocycles. The minimum atomic E-state index is -1.42. The Balaban J connectivity index is 1.54. The molecule has 0 fully saturated rings. The van der Waals surface area contributed by atoms with Crippen LogP contribution in [-0.2, 0) is 27.3 Å². The van der Waals surface area contributed by atoms with Gasteiger partial charge in [0, 0.05) is 42.6 Å². The molecule has 2 aromatic rings. The molecule has 1 aromatic heterocycles. The van der Waals surface area contributed by atoms with E-state index in [1.807, 2.05) is 0 Å². The van der Waals surface area contributed by atoms with Crippen LogP contribution in [0.4, 0.5) is 16.2 Å². The second kappa shape index (κ2) is 12.7. The van der Waals surface area contributed by atoms with Crippen LogP contribution in [0.2, 0.25) is 0 Å². The number of carboxylic acids is 2. The van der Waals surface area contributed by atoms with Crippen LogP contribution in [0, 0.1) is 17.2 Å². The second-order valence-corrected chi connectivity index (χ2v) is 10.6. The number of amides is 2. The van der Waals surface area contributed by atoms with Crippen molar-refractivity contribution in [1.82, 2.24) is 20.6 Å². The van der Waals surface area contributed by atoms with Crippen molar-refractivity contribution in [3.63, 3.8) is 0 Å². The van der Waals surface area contributed by atoms with Crippen molar-refractivity contribution in [1.29, 1.82) is 0 Å². The summed E-state index contributed by atoms with van der Waals surface area (Å²) in [5, 5.41) is 29.0. The third-order valence-electron chi connectivity index (χ3n) is 6.29. The SMILES string of the molecule is CC(C)(C)C(=O)Nc1nc2c(c(=O)[nH]1)CC(CNCc1ccc(C(=O)N[C@@H](CCC(=O)O)C(=O)O)cc1F)CN2. The first-order valence-corrected chi connectivity index (χ1v) is 12.7. The molecule has 2 amide bonds. The molecule has 1 unspecified atom stereocenters. The van der Waals surface area contributed by atoms with Crippen LogP contribution < -0.4 is 26.8 Å². The van der Waals surface area contributed by atoms with E-state index in [0.29, 0.717) is 30.9 Å². The Labute approximate surface area is 229 Å². The van der Waals surface area contributed by atoms with Crippen molar-refractivity contribution in [2.75, 3.05) is 23.7 Å². The van der Waals surface area contributed by atoms with Crippen LogP contribution >= 0.6 is 0 Å². The van der Waals surface area contributed by atoms with Crippen molar-refractivity contribution in [2.24, 2.45) is 11.3 Å². The van der Waals surface area contributed by atoms with Gasteiger partial charge < -0.3 is 26.2 Å². The Morgan fingerprint density at radius 2 is 1.93 bits per heavy atom. The molecular formula is C26H33FN6O7. The minimum Gasteiger partial charge on any atom is -0.481 e. The first-order chi connectivity index (χ1) is 18.7. The fraction of sp³-hybridized carbons (Fsp3) is 0.462. The molecule has 1 aliphatic heterocycles. The quantitative estimate of drug-likeness (QED) is 0.210. The smallest absolute Gasteiger partial charge is 0.326 e. The molecular weight excluding hydrogens is 527 g/mol. The predicted molar refractivity (Wildman–Crippen MR) is 142 cm³/mol. The van der Waals surface area contributed by atoms with Gasteiger partial charge >= 0.3 is 11.9 Å². The predicted octanol–water partition coefficient (Wildman–Crippen LogP) is 1.32.